The molecule has 2 heterocycles. The topological polar surface area (TPSA) is 71.8 Å². The van der Waals surface area contributed by atoms with E-state index in [1.54, 1.807) is 0 Å². The minimum atomic E-state index is -0.418. The molecule has 1 amide bonds. The SMILES string of the molecule is CCCc1nnc2n1N[C@H](c1ccc(Cl)cc1)[C@@H](C(=O)Nc1ccc(C)cc1C)S2. The second kappa shape index (κ2) is 8.70. The molecule has 4 rings (SSSR count). The molecule has 8 heteroatoms. The van der Waals surface area contributed by atoms with E-state index in [1.165, 1.54) is 11.8 Å². The Morgan fingerprint density at radius 1 is 1.20 bits per heavy atom. The number of aryl methyl sites for hydroxylation is 3. The molecule has 6 nitrogen and oxygen atoms in total. The van der Waals surface area contributed by atoms with Crippen LogP contribution in [-0.4, -0.2) is 26.0 Å². The third-order valence-electron chi connectivity index (χ3n) is 5.10. The fraction of sp³-hybridized carbons (Fsp3) is 0.318. The van der Waals surface area contributed by atoms with Gasteiger partial charge in [0.15, 0.2) is 5.82 Å². The van der Waals surface area contributed by atoms with Crippen molar-refractivity contribution in [2.24, 2.45) is 0 Å². The van der Waals surface area contributed by atoms with Crippen molar-refractivity contribution >= 4 is 35.0 Å². The third kappa shape index (κ3) is 4.18. The third-order valence-corrected chi connectivity index (χ3v) is 6.57. The Morgan fingerprint density at radius 3 is 2.67 bits per heavy atom. The predicted molar refractivity (Wildman–Crippen MR) is 122 cm³/mol. The Hall–Kier alpha value is -2.51. The number of halogens is 1. The molecule has 2 N–H and O–H groups in total. The van der Waals surface area contributed by atoms with Gasteiger partial charge in [-0.15, -0.1) is 10.2 Å². The van der Waals surface area contributed by atoms with Crippen molar-refractivity contribution in [2.45, 2.75) is 50.1 Å². The first-order valence-electron chi connectivity index (χ1n) is 9.97. The summed E-state index contributed by atoms with van der Waals surface area (Å²) in [6.07, 6.45) is 1.78. The number of hydrogen-bond acceptors (Lipinski definition) is 5. The smallest absolute Gasteiger partial charge is 0.240 e. The number of anilines is 1. The Balaban J connectivity index is 1.67. The molecule has 0 spiro atoms. The van der Waals surface area contributed by atoms with Crippen molar-refractivity contribution in [2.75, 3.05) is 10.7 Å². The average Bonchev–Trinajstić information content (AvgIpc) is 3.12. The lowest BCUT2D eigenvalue weighted by Gasteiger charge is -2.33. The van der Waals surface area contributed by atoms with Crippen LogP contribution in [0.15, 0.2) is 47.6 Å². The van der Waals surface area contributed by atoms with Gasteiger partial charge < -0.3 is 10.7 Å². The number of nitrogens with one attached hydrogen (secondary N) is 2. The van der Waals surface area contributed by atoms with E-state index in [0.29, 0.717) is 10.2 Å². The predicted octanol–water partition coefficient (Wildman–Crippen LogP) is 4.90. The molecule has 3 aromatic rings. The van der Waals surface area contributed by atoms with Crippen LogP contribution in [0.5, 0.6) is 0 Å². The Kier molecular flexibility index (Phi) is 6.01. The molecule has 2 aromatic carbocycles. The van der Waals surface area contributed by atoms with Crippen LogP contribution in [-0.2, 0) is 11.2 Å². The van der Waals surface area contributed by atoms with E-state index in [1.807, 2.05) is 54.9 Å². The minimum Gasteiger partial charge on any atom is -0.325 e. The van der Waals surface area contributed by atoms with E-state index in [2.05, 4.69) is 33.9 Å². The molecule has 1 aliphatic rings. The molecule has 30 heavy (non-hydrogen) atoms. The molecule has 0 fully saturated rings. The van der Waals surface area contributed by atoms with E-state index >= 15 is 0 Å². The first-order valence-corrected chi connectivity index (χ1v) is 11.2. The van der Waals surface area contributed by atoms with Crippen LogP contribution >= 0.6 is 23.4 Å². The van der Waals surface area contributed by atoms with Gasteiger partial charge in [0.1, 0.15) is 5.25 Å². The van der Waals surface area contributed by atoms with Crippen LogP contribution in [0.25, 0.3) is 0 Å². The van der Waals surface area contributed by atoms with E-state index in [0.717, 1.165) is 41.0 Å². The second-order valence-electron chi connectivity index (χ2n) is 7.49. The highest BCUT2D eigenvalue weighted by atomic mass is 35.5. The van der Waals surface area contributed by atoms with Gasteiger partial charge in [-0.3, -0.25) is 4.79 Å². The van der Waals surface area contributed by atoms with Crippen LogP contribution < -0.4 is 10.7 Å². The summed E-state index contributed by atoms with van der Waals surface area (Å²) < 4.78 is 1.91. The highest BCUT2D eigenvalue weighted by molar-refractivity contribution is 8.00. The van der Waals surface area contributed by atoms with Gasteiger partial charge in [-0.1, -0.05) is 60.1 Å². The quantitative estimate of drug-likeness (QED) is 0.589. The summed E-state index contributed by atoms with van der Waals surface area (Å²) in [4.78, 5) is 13.3. The summed E-state index contributed by atoms with van der Waals surface area (Å²) in [6, 6.07) is 13.3. The van der Waals surface area contributed by atoms with Gasteiger partial charge in [0.25, 0.3) is 0 Å². The Labute approximate surface area is 185 Å². The summed E-state index contributed by atoms with van der Waals surface area (Å²) >= 11 is 7.52. The summed E-state index contributed by atoms with van der Waals surface area (Å²) in [5, 5.41) is 12.6. The molecule has 0 saturated carbocycles. The van der Waals surface area contributed by atoms with Crippen molar-refractivity contribution in [3.8, 4) is 0 Å². The molecule has 1 aromatic heterocycles. The maximum absolute atomic E-state index is 13.3. The van der Waals surface area contributed by atoms with Crippen molar-refractivity contribution in [1.29, 1.82) is 0 Å². The number of nitrogens with zero attached hydrogens (tertiary/aromatic N) is 3. The highest BCUT2D eigenvalue weighted by Crippen LogP contribution is 2.38. The summed E-state index contributed by atoms with van der Waals surface area (Å²) in [7, 11) is 0. The lowest BCUT2D eigenvalue weighted by molar-refractivity contribution is -0.116. The molecule has 2 atom stereocenters. The van der Waals surface area contributed by atoms with Gasteiger partial charge in [0, 0.05) is 17.1 Å². The van der Waals surface area contributed by atoms with E-state index in [4.69, 9.17) is 11.6 Å². The number of rotatable bonds is 5. The monoisotopic (exact) mass is 441 g/mol. The lowest BCUT2D eigenvalue weighted by Crippen LogP contribution is -2.41. The van der Waals surface area contributed by atoms with Crippen molar-refractivity contribution < 1.29 is 4.79 Å². The molecular formula is C22H24ClN5OS. The number of amides is 1. The molecule has 0 bridgehead atoms. The number of fused-ring (bicyclic) bond motifs is 1. The van der Waals surface area contributed by atoms with Gasteiger partial charge in [-0.2, -0.15) is 0 Å². The van der Waals surface area contributed by atoms with E-state index in [-0.39, 0.29) is 11.9 Å². The van der Waals surface area contributed by atoms with Gasteiger partial charge >= 0.3 is 0 Å². The van der Waals surface area contributed by atoms with Crippen LogP contribution in [0.1, 0.15) is 41.9 Å². The zero-order valence-electron chi connectivity index (χ0n) is 17.1. The summed E-state index contributed by atoms with van der Waals surface area (Å²) in [5.74, 6) is 0.790. The minimum absolute atomic E-state index is 0.0781. The van der Waals surface area contributed by atoms with Crippen LogP contribution in [0.3, 0.4) is 0 Å². The molecule has 0 aliphatic carbocycles. The molecule has 0 unspecified atom stereocenters. The zero-order valence-corrected chi connectivity index (χ0v) is 18.7. The standard InChI is InChI=1S/C22H24ClN5OS/c1-4-5-18-25-26-22-28(18)27-19(15-7-9-16(23)10-8-15)20(30-22)21(29)24-17-11-6-13(2)12-14(17)3/h6-12,19-20,27H,4-5H2,1-3H3,(H,24,29)/t19-,20+/m1/s1. The van der Waals surface area contributed by atoms with Crippen LogP contribution in [0.2, 0.25) is 5.02 Å². The maximum atomic E-state index is 13.3. The van der Waals surface area contributed by atoms with Gasteiger partial charge in [-0.25, -0.2) is 4.68 Å². The van der Waals surface area contributed by atoms with Crippen LogP contribution in [0, 0.1) is 13.8 Å². The van der Waals surface area contributed by atoms with Gasteiger partial charge in [0.2, 0.25) is 11.1 Å². The summed E-state index contributed by atoms with van der Waals surface area (Å²) in [5.41, 5.74) is 7.47. The lowest BCUT2D eigenvalue weighted by atomic mass is 10.0. The van der Waals surface area contributed by atoms with Crippen molar-refractivity contribution in [3.05, 3.63) is 70.0 Å². The first-order chi connectivity index (χ1) is 14.5. The first kappa shape index (κ1) is 20.8. The van der Waals surface area contributed by atoms with Crippen molar-refractivity contribution in [3.63, 3.8) is 0 Å². The fourth-order valence-electron chi connectivity index (χ4n) is 3.56. The van der Waals surface area contributed by atoms with Gasteiger partial charge in [-0.05, 0) is 49.6 Å². The second-order valence-corrected chi connectivity index (χ2v) is 9.03. The zero-order chi connectivity index (χ0) is 21.3. The number of aromatic nitrogens is 3. The maximum Gasteiger partial charge on any atom is 0.240 e. The van der Waals surface area contributed by atoms with Gasteiger partial charge in [0.05, 0.1) is 6.04 Å². The Bertz CT molecular complexity index is 1070. The molecule has 156 valence electrons. The number of hydrogen-bond donors (Lipinski definition) is 2. The normalized spacial score (nSPS) is 17.9. The van der Waals surface area contributed by atoms with Crippen molar-refractivity contribution in [1.82, 2.24) is 14.9 Å². The molecular weight excluding hydrogens is 418 g/mol. The van der Waals surface area contributed by atoms with E-state index in [9.17, 15) is 4.79 Å². The molecule has 1 aliphatic heterocycles. The number of thioether (sulfide) groups is 1. The number of carbonyl (C=O) groups excluding carboxylic acids is 1. The molecule has 0 radical (unpaired) electrons. The molecule has 0 saturated heterocycles. The number of carbonyl (C=O) groups is 1. The average molecular weight is 442 g/mol. The highest BCUT2D eigenvalue weighted by Gasteiger charge is 2.37. The number of benzene rings is 2. The largest absolute Gasteiger partial charge is 0.325 e. The fourth-order valence-corrected chi connectivity index (χ4v) is 4.79. The Morgan fingerprint density at radius 2 is 1.97 bits per heavy atom. The summed E-state index contributed by atoms with van der Waals surface area (Å²) in [6.45, 7) is 6.14. The van der Waals surface area contributed by atoms with E-state index < -0.39 is 5.25 Å². The van der Waals surface area contributed by atoms with Crippen LogP contribution in [0.4, 0.5) is 5.69 Å².